The van der Waals surface area contributed by atoms with Gasteiger partial charge in [-0.3, -0.25) is 0 Å². The molecule has 0 radical (unpaired) electrons. The van der Waals surface area contributed by atoms with E-state index in [1.807, 2.05) is 11.5 Å². The van der Waals surface area contributed by atoms with E-state index in [1.54, 1.807) is 24.3 Å². The van der Waals surface area contributed by atoms with Gasteiger partial charge in [0.2, 0.25) is 0 Å². The number of rotatable bonds is 3. The SMILES string of the molecule is NC(=O)N/N=C/C(O)c1ccccc1. The number of nitrogens with zero attached hydrogens (tertiary/aromatic N) is 1. The Morgan fingerprint density at radius 1 is 1.50 bits per heavy atom. The Kier molecular flexibility index (Phi) is 3.63. The fourth-order valence-corrected chi connectivity index (χ4v) is 0.908. The summed E-state index contributed by atoms with van der Waals surface area (Å²) in [6.45, 7) is 0. The zero-order chi connectivity index (χ0) is 10.4. The Labute approximate surface area is 81.2 Å². The van der Waals surface area contributed by atoms with Crippen LogP contribution in [-0.2, 0) is 0 Å². The van der Waals surface area contributed by atoms with Crippen LogP contribution in [0.3, 0.4) is 0 Å². The number of amides is 2. The van der Waals surface area contributed by atoms with Crippen molar-refractivity contribution in [1.29, 1.82) is 0 Å². The number of hydrazone groups is 1. The van der Waals surface area contributed by atoms with E-state index in [9.17, 15) is 9.90 Å². The van der Waals surface area contributed by atoms with E-state index in [2.05, 4.69) is 5.10 Å². The predicted octanol–water partition coefficient (Wildman–Crippen LogP) is 0.374. The van der Waals surface area contributed by atoms with Crippen LogP contribution in [0, 0.1) is 0 Å². The van der Waals surface area contributed by atoms with E-state index in [1.165, 1.54) is 6.21 Å². The van der Waals surface area contributed by atoms with Crippen molar-refractivity contribution in [2.24, 2.45) is 10.8 Å². The average Bonchev–Trinajstić information content (AvgIpc) is 2.18. The zero-order valence-electron chi connectivity index (χ0n) is 7.42. The number of carbonyl (C=O) groups excluding carboxylic acids is 1. The number of nitrogens with two attached hydrogens (primary N) is 1. The minimum atomic E-state index is -0.844. The highest BCUT2D eigenvalue weighted by Crippen LogP contribution is 2.08. The van der Waals surface area contributed by atoms with Crippen LogP contribution in [0.25, 0.3) is 0 Å². The summed E-state index contributed by atoms with van der Waals surface area (Å²) in [6.07, 6.45) is 0.350. The molecule has 0 aliphatic heterocycles. The molecule has 14 heavy (non-hydrogen) atoms. The Morgan fingerprint density at radius 3 is 2.71 bits per heavy atom. The van der Waals surface area contributed by atoms with E-state index >= 15 is 0 Å². The number of primary amides is 1. The molecule has 0 saturated carbocycles. The number of hydrogen-bond acceptors (Lipinski definition) is 3. The average molecular weight is 193 g/mol. The van der Waals surface area contributed by atoms with Crippen LogP contribution in [0.1, 0.15) is 11.7 Å². The molecule has 0 bridgehead atoms. The summed E-state index contributed by atoms with van der Waals surface area (Å²) >= 11 is 0. The highest BCUT2D eigenvalue weighted by atomic mass is 16.3. The lowest BCUT2D eigenvalue weighted by atomic mass is 10.1. The molecule has 1 atom stereocenters. The topological polar surface area (TPSA) is 87.7 Å². The molecule has 2 amide bonds. The molecule has 1 rings (SSSR count). The van der Waals surface area contributed by atoms with E-state index in [0.717, 1.165) is 0 Å². The molecule has 0 fully saturated rings. The highest BCUT2D eigenvalue weighted by molar-refractivity contribution is 5.73. The van der Waals surface area contributed by atoms with Crippen molar-refractivity contribution < 1.29 is 9.90 Å². The lowest BCUT2D eigenvalue weighted by Gasteiger charge is -2.03. The Morgan fingerprint density at radius 2 is 2.14 bits per heavy atom. The Bertz CT molecular complexity index is 324. The monoisotopic (exact) mass is 193 g/mol. The normalized spacial score (nSPS) is 12.6. The number of carbonyl (C=O) groups is 1. The van der Waals surface area contributed by atoms with Gasteiger partial charge in [0.05, 0.1) is 6.21 Å². The molecule has 0 aliphatic rings. The lowest BCUT2D eigenvalue weighted by Crippen LogP contribution is -2.24. The van der Waals surface area contributed by atoms with E-state index in [0.29, 0.717) is 5.56 Å². The largest absolute Gasteiger partial charge is 0.383 e. The number of aliphatic hydroxyl groups is 1. The van der Waals surface area contributed by atoms with Crippen molar-refractivity contribution in [3.63, 3.8) is 0 Å². The molecule has 0 aliphatic carbocycles. The molecular weight excluding hydrogens is 182 g/mol. The standard InChI is InChI=1S/C9H11N3O2/c10-9(14)12-11-6-8(13)7-4-2-1-3-5-7/h1-6,8,13H,(H3,10,12,14)/b11-6+. The minimum absolute atomic E-state index is 0.697. The van der Waals surface area contributed by atoms with Crippen molar-refractivity contribution in [1.82, 2.24) is 5.43 Å². The van der Waals surface area contributed by atoms with Gasteiger partial charge in [0.1, 0.15) is 6.10 Å². The third-order valence-electron chi connectivity index (χ3n) is 1.53. The summed E-state index contributed by atoms with van der Waals surface area (Å²) in [5, 5.41) is 12.9. The van der Waals surface area contributed by atoms with Gasteiger partial charge in [0, 0.05) is 0 Å². The van der Waals surface area contributed by atoms with Crippen LogP contribution in [0.15, 0.2) is 35.4 Å². The van der Waals surface area contributed by atoms with Crippen LogP contribution in [0.2, 0.25) is 0 Å². The number of nitrogens with one attached hydrogen (secondary N) is 1. The number of urea groups is 1. The molecule has 0 aromatic heterocycles. The minimum Gasteiger partial charge on any atom is -0.383 e. The van der Waals surface area contributed by atoms with Gasteiger partial charge >= 0.3 is 6.03 Å². The van der Waals surface area contributed by atoms with Gasteiger partial charge in [-0.25, -0.2) is 10.2 Å². The third kappa shape index (κ3) is 3.24. The third-order valence-corrected chi connectivity index (χ3v) is 1.53. The van der Waals surface area contributed by atoms with Crippen LogP contribution in [0.4, 0.5) is 4.79 Å². The van der Waals surface area contributed by atoms with Gasteiger partial charge < -0.3 is 10.8 Å². The second kappa shape index (κ2) is 4.98. The number of hydrogen-bond donors (Lipinski definition) is 3. The molecule has 1 unspecified atom stereocenters. The second-order valence-corrected chi connectivity index (χ2v) is 2.61. The first-order valence-electron chi connectivity index (χ1n) is 4.02. The van der Waals surface area contributed by atoms with Crippen molar-refractivity contribution >= 4 is 12.2 Å². The van der Waals surface area contributed by atoms with Crippen molar-refractivity contribution in [3.05, 3.63) is 35.9 Å². The molecule has 5 nitrogen and oxygen atoms in total. The Balaban J connectivity index is 2.54. The molecule has 4 N–H and O–H groups in total. The fraction of sp³-hybridized carbons (Fsp3) is 0.111. The summed E-state index contributed by atoms with van der Waals surface area (Å²) in [6, 6.07) is 8.18. The van der Waals surface area contributed by atoms with E-state index in [4.69, 9.17) is 5.73 Å². The first kappa shape index (κ1) is 10.2. The fourth-order valence-electron chi connectivity index (χ4n) is 0.908. The maximum atomic E-state index is 10.2. The van der Waals surface area contributed by atoms with Gasteiger partial charge in [-0.05, 0) is 5.56 Å². The van der Waals surface area contributed by atoms with Crippen LogP contribution in [0.5, 0.6) is 0 Å². The molecule has 0 heterocycles. The quantitative estimate of drug-likeness (QED) is 0.478. The summed E-state index contributed by atoms with van der Waals surface area (Å²) in [4.78, 5) is 10.2. The number of aliphatic hydroxyl groups excluding tert-OH is 1. The predicted molar refractivity (Wildman–Crippen MR) is 52.6 cm³/mol. The summed E-state index contributed by atoms with van der Waals surface area (Å²) < 4.78 is 0. The van der Waals surface area contributed by atoms with Gasteiger partial charge in [-0.2, -0.15) is 5.10 Å². The molecular formula is C9H11N3O2. The molecule has 74 valence electrons. The van der Waals surface area contributed by atoms with E-state index in [-0.39, 0.29) is 0 Å². The number of benzene rings is 1. The first-order chi connectivity index (χ1) is 6.70. The summed E-state index contributed by atoms with van der Waals surface area (Å²) in [5.74, 6) is 0. The molecule has 1 aromatic rings. The summed E-state index contributed by atoms with van der Waals surface area (Å²) in [7, 11) is 0. The van der Waals surface area contributed by atoms with Gasteiger partial charge in [-0.15, -0.1) is 0 Å². The van der Waals surface area contributed by atoms with Crippen molar-refractivity contribution in [3.8, 4) is 0 Å². The molecule has 1 aromatic carbocycles. The molecule has 5 heteroatoms. The smallest absolute Gasteiger partial charge is 0.332 e. The summed E-state index contributed by atoms with van der Waals surface area (Å²) in [5.41, 5.74) is 7.46. The highest BCUT2D eigenvalue weighted by Gasteiger charge is 2.01. The van der Waals surface area contributed by atoms with Gasteiger partial charge in [0.15, 0.2) is 0 Å². The zero-order valence-corrected chi connectivity index (χ0v) is 7.42. The van der Waals surface area contributed by atoms with Crippen molar-refractivity contribution in [2.45, 2.75) is 6.10 Å². The maximum Gasteiger partial charge on any atom is 0.332 e. The lowest BCUT2D eigenvalue weighted by molar-refractivity contribution is 0.246. The maximum absolute atomic E-state index is 10.2. The van der Waals surface area contributed by atoms with E-state index < -0.39 is 12.1 Å². The van der Waals surface area contributed by atoms with Gasteiger partial charge in [-0.1, -0.05) is 30.3 Å². The first-order valence-corrected chi connectivity index (χ1v) is 4.02. The molecule has 0 spiro atoms. The second-order valence-electron chi connectivity index (χ2n) is 2.61. The van der Waals surface area contributed by atoms with Crippen molar-refractivity contribution in [2.75, 3.05) is 0 Å². The Hall–Kier alpha value is -1.88. The van der Waals surface area contributed by atoms with Crippen LogP contribution < -0.4 is 11.2 Å². The van der Waals surface area contributed by atoms with Crippen LogP contribution >= 0.6 is 0 Å². The van der Waals surface area contributed by atoms with Crippen LogP contribution in [-0.4, -0.2) is 17.4 Å². The van der Waals surface area contributed by atoms with Gasteiger partial charge in [0.25, 0.3) is 0 Å². The molecule has 0 saturated heterocycles.